The Morgan fingerprint density at radius 1 is 1.16 bits per heavy atom. The number of hydrogen-bond donors (Lipinski definition) is 0. The van der Waals surface area contributed by atoms with Gasteiger partial charge in [-0.15, -0.1) is 0 Å². The van der Waals surface area contributed by atoms with Crippen LogP contribution in [0.1, 0.15) is 24.2 Å². The third kappa shape index (κ3) is 5.28. The number of carbonyl (C=O) groups is 1. The molecule has 0 radical (unpaired) electrons. The molecule has 0 atom stereocenters. The highest BCUT2D eigenvalue weighted by molar-refractivity contribution is 6.32. The van der Waals surface area contributed by atoms with E-state index in [9.17, 15) is 14.9 Å². The molecule has 1 aromatic heterocycles. The van der Waals surface area contributed by atoms with E-state index in [1.54, 1.807) is 24.4 Å². The summed E-state index contributed by atoms with van der Waals surface area (Å²) in [5.74, 6) is 1.22. The van der Waals surface area contributed by atoms with Gasteiger partial charge in [-0.05, 0) is 31.3 Å². The van der Waals surface area contributed by atoms with Gasteiger partial charge in [-0.1, -0.05) is 25.4 Å². The van der Waals surface area contributed by atoms with Gasteiger partial charge >= 0.3 is 0 Å². The van der Waals surface area contributed by atoms with E-state index in [1.807, 2.05) is 0 Å². The maximum Gasteiger partial charge on any atom is 0.288 e. The molecule has 9 heteroatoms. The molecular weight excluding hydrogens is 422 g/mol. The summed E-state index contributed by atoms with van der Waals surface area (Å²) in [6.45, 7) is 7.21. The smallest absolute Gasteiger partial charge is 0.288 e. The van der Waals surface area contributed by atoms with E-state index in [4.69, 9.17) is 21.1 Å². The second kappa shape index (κ2) is 10.2. The average Bonchev–Trinajstić information content (AvgIpc) is 2.76. The van der Waals surface area contributed by atoms with Crippen LogP contribution in [0.15, 0.2) is 42.6 Å². The number of aromatic nitrogens is 1. The topological polar surface area (TPSA) is 94.8 Å². The minimum absolute atomic E-state index is 0.0293. The predicted octanol–water partition coefficient (Wildman–Crippen LogP) is 5.12. The van der Waals surface area contributed by atoms with Gasteiger partial charge in [0.25, 0.3) is 5.69 Å². The Balaban J connectivity index is 1.88. The Hall–Kier alpha value is -3.23. The summed E-state index contributed by atoms with van der Waals surface area (Å²) in [6, 6.07) is 9.12. The lowest BCUT2D eigenvalue weighted by Crippen LogP contribution is -2.28. The van der Waals surface area contributed by atoms with Gasteiger partial charge < -0.3 is 14.4 Å². The summed E-state index contributed by atoms with van der Waals surface area (Å²) in [5, 5.41) is 11.5. The molecule has 2 aromatic carbocycles. The molecule has 3 aromatic rings. The van der Waals surface area contributed by atoms with Crippen LogP contribution in [0.25, 0.3) is 10.9 Å². The normalized spacial score (nSPS) is 11.0. The lowest BCUT2D eigenvalue weighted by atomic mass is 10.1. The monoisotopic (exact) mass is 443 g/mol. The molecule has 0 saturated heterocycles. The summed E-state index contributed by atoms with van der Waals surface area (Å²) in [5.41, 5.74) is 0.768. The first-order chi connectivity index (χ1) is 15.0. The third-order valence-corrected chi connectivity index (χ3v) is 5.17. The Morgan fingerprint density at radius 2 is 1.94 bits per heavy atom. The number of fused-ring (bicyclic) bond motifs is 1. The van der Waals surface area contributed by atoms with Crippen molar-refractivity contribution in [3.8, 4) is 17.2 Å². The lowest BCUT2D eigenvalue weighted by molar-refractivity contribution is -0.384. The molecule has 1 heterocycles. The van der Waals surface area contributed by atoms with Crippen LogP contribution in [-0.2, 0) is 0 Å². The van der Waals surface area contributed by atoms with Crippen molar-refractivity contribution in [1.29, 1.82) is 0 Å². The fourth-order valence-electron chi connectivity index (χ4n) is 3.12. The molecule has 162 valence electrons. The quantitative estimate of drug-likeness (QED) is 0.244. The number of ether oxygens (including phenoxy) is 2. The van der Waals surface area contributed by atoms with Crippen molar-refractivity contribution in [3.05, 3.63) is 63.3 Å². The highest BCUT2D eigenvalue weighted by Crippen LogP contribution is 2.35. The van der Waals surface area contributed by atoms with E-state index in [0.29, 0.717) is 40.3 Å². The van der Waals surface area contributed by atoms with Crippen LogP contribution in [-0.4, -0.2) is 47.3 Å². The van der Waals surface area contributed by atoms with Gasteiger partial charge in [0.1, 0.15) is 28.9 Å². The van der Waals surface area contributed by atoms with Gasteiger partial charge in [-0.3, -0.25) is 19.9 Å². The van der Waals surface area contributed by atoms with Gasteiger partial charge in [0.2, 0.25) is 0 Å². The third-order valence-electron chi connectivity index (χ3n) is 4.86. The number of hydrogen-bond acceptors (Lipinski definition) is 7. The largest absolute Gasteiger partial charge is 0.491 e. The maximum absolute atomic E-state index is 11.7. The number of rotatable bonds is 10. The number of aldehydes is 1. The molecule has 0 aliphatic carbocycles. The van der Waals surface area contributed by atoms with Gasteiger partial charge in [-0.25, -0.2) is 0 Å². The number of nitrogens with zero attached hydrogens (tertiary/aromatic N) is 3. The van der Waals surface area contributed by atoms with Crippen LogP contribution < -0.4 is 9.47 Å². The molecule has 0 fully saturated rings. The van der Waals surface area contributed by atoms with Crippen molar-refractivity contribution in [3.63, 3.8) is 0 Å². The van der Waals surface area contributed by atoms with Crippen LogP contribution >= 0.6 is 11.6 Å². The van der Waals surface area contributed by atoms with E-state index in [2.05, 4.69) is 23.7 Å². The van der Waals surface area contributed by atoms with Gasteiger partial charge in [-0.2, -0.15) is 0 Å². The summed E-state index contributed by atoms with van der Waals surface area (Å²) in [7, 11) is 0. The molecule has 31 heavy (non-hydrogen) atoms. The first kappa shape index (κ1) is 22.5. The van der Waals surface area contributed by atoms with Crippen LogP contribution in [0, 0.1) is 10.1 Å². The standard InChI is InChI=1S/C22H22ClN3O5/c1-3-25(4-2)9-10-30-22-13-19-17(11-15(22)14-27)21(7-8-24-19)31-16-5-6-20(26(28)29)18(23)12-16/h5-8,11-14H,3-4,9-10H2,1-2H3. The van der Waals surface area contributed by atoms with E-state index >= 15 is 0 Å². The molecule has 3 rings (SSSR count). The van der Waals surface area contributed by atoms with Gasteiger partial charge in [0, 0.05) is 36.3 Å². The summed E-state index contributed by atoms with van der Waals surface area (Å²) in [4.78, 5) is 28.6. The number of nitro groups is 1. The Morgan fingerprint density at radius 3 is 2.58 bits per heavy atom. The first-order valence-electron chi connectivity index (χ1n) is 9.81. The molecule has 0 N–H and O–H groups in total. The van der Waals surface area contributed by atoms with Crippen molar-refractivity contribution in [1.82, 2.24) is 9.88 Å². The Bertz CT molecular complexity index is 1100. The van der Waals surface area contributed by atoms with E-state index < -0.39 is 4.92 Å². The number of nitro benzene ring substituents is 1. The number of likely N-dealkylation sites (N-methyl/N-ethyl adjacent to an activating group) is 1. The zero-order valence-corrected chi connectivity index (χ0v) is 18.0. The van der Waals surface area contributed by atoms with Crippen LogP contribution in [0.3, 0.4) is 0 Å². The Labute approximate surface area is 184 Å². The number of benzene rings is 2. The highest BCUT2D eigenvalue weighted by atomic mass is 35.5. The van der Waals surface area contributed by atoms with Crippen LogP contribution in [0.5, 0.6) is 17.2 Å². The summed E-state index contributed by atoms with van der Waals surface area (Å²) >= 11 is 5.97. The van der Waals surface area contributed by atoms with Gasteiger partial charge in [0.05, 0.1) is 16.0 Å². The number of carbonyl (C=O) groups excluding carboxylic acids is 1. The molecule has 0 unspecified atom stereocenters. The number of halogens is 1. The molecule has 0 aliphatic heterocycles. The number of pyridine rings is 1. The van der Waals surface area contributed by atoms with Crippen molar-refractivity contribution in [2.24, 2.45) is 0 Å². The molecule has 0 saturated carbocycles. The average molecular weight is 444 g/mol. The minimum atomic E-state index is -0.563. The van der Waals surface area contributed by atoms with E-state index in [-0.39, 0.29) is 10.7 Å². The molecule has 0 bridgehead atoms. The second-order valence-corrected chi connectivity index (χ2v) is 7.09. The van der Waals surface area contributed by atoms with E-state index in [1.165, 1.54) is 18.2 Å². The van der Waals surface area contributed by atoms with Crippen molar-refractivity contribution in [2.75, 3.05) is 26.2 Å². The molecule has 0 spiro atoms. The second-order valence-electron chi connectivity index (χ2n) is 6.68. The highest BCUT2D eigenvalue weighted by Gasteiger charge is 2.15. The van der Waals surface area contributed by atoms with Crippen molar-refractivity contribution in [2.45, 2.75) is 13.8 Å². The molecule has 0 amide bonds. The summed E-state index contributed by atoms with van der Waals surface area (Å²) < 4.78 is 11.7. The van der Waals surface area contributed by atoms with Crippen molar-refractivity contribution >= 4 is 34.5 Å². The maximum atomic E-state index is 11.7. The molecule has 0 aliphatic rings. The zero-order valence-electron chi connectivity index (χ0n) is 17.2. The lowest BCUT2D eigenvalue weighted by Gasteiger charge is -2.18. The van der Waals surface area contributed by atoms with Crippen LogP contribution in [0.2, 0.25) is 5.02 Å². The van der Waals surface area contributed by atoms with Crippen LogP contribution in [0.4, 0.5) is 5.69 Å². The minimum Gasteiger partial charge on any atom is -0.491 e. The zero-order chi connectivity index (χ0) is 22.4. The fourth-order valence-corrected chi connectivity index (χ4v) is 3.36. The SMILES string of the molecule is CCN(CC)CCOc1cc2nccc(Oc3ccc([N+](=O)[O-])c(Cl)c3)c2cc1C=O. The molecular formula is C22H22ClN3O5. The molecule has 8 nitrogen and oxygen atoms in total. The summed E-state index contributed by atoms with van der Waals surface area (Å²) in [6.07, 6.45) is 2.30. The van der Waals surface area contributed by atoms with E-state index in [0.717, 1.165) is 25.9 Å². The predicted molar refractivity (Wildman–Crippen MR) is 119 cm³/mol. The Kier molecular flexibility index (Phi) is 7.38. The fraction of sp³-hybridized carbons (Fsp3) is 0.273. The first-order valence-corrected chi connectivity index (χ1v) is 10.2. The van der Waals surface area contributed by atoms with Gasteiger partial charge in [0.15, 0.2) is 6.29 Å². The van der Waals surface area contributed by atoms with Crippen molar-refractivity contribution < 1.29 is 19.2 Å².